The number of rotatable bonds is 5. The van der Waals surface area contributed by atoms with Crippen LogP contribution in [0.5, 0.6) is 0 Å². The van der Waals surface area contributed by atoms with Crippen LogP contribution < -0.4 is 10.6 Å². The Hall–Kier alpha value is -3.13. The lowest BCUT2D eigenvalue weighted by atomic mass is 10.1. The number of benzene rings is 2. The minimum atomic E-state index is -0.619. The number of para-hydroxylation sites is 1. The molecule has 1 unspecified atom stereocenters. The van der Waals surface area contributed by atoms with Crippen molar-refractivity contribution in [1.82, 2.24) is 20.2 Å². The lowest BCUT2D eigenvalue weighted by Gasteiger charge is -2.15. The lowest BCUT2D eigenvalue weighted by Crippen LogP contribution is -2.41. The molecule has 0 aliphatic carbocycles. The monoisotopic (exact) mass is 412 g/mol. The molecule has 1 heterocycles. The molecule has 2 N–H and O–H groups in total. The van der Waals surface area contributed by atoms with Crippen molar-refractivity contribution in [2.24, 2.45) is 0 Å². The molecule has 0 fully saturated rings. The molecule has 29 heavy (non-hydrogen) atoms. The molecule has 2 aromatic carbocycles. The minimum Gasteiger partial charge on any atom is -0.341 e. The Balaban J connectivity index is 2.02. The van der Waals surface area contributed by atoms with E-state index < -0.39 is 23.0 Å². The topological polar surface area (TPSA) is 76.0 Å². The fraction of sp³-hybridized carbons (Fsp3) is 0.190. The summed E-state index contributed by atoms with van der Waals surface area (Å²) in [6.07, 6.45) is 1.66. The quantitative estimate of drug-likeness (QED) is 0.623. The number of aryl methyl sites for hydroxylation is 1. The summed E-state index contributed by atoms with van der Waals surface area (Å²) in [5.74, 6) is -0.863. The van der Waals surface area contributed by atoms with Crippen molar-refractivity contribution < 1.29 is 14.0 Å². The van der Waals surface area contributed by atoms with Crippen LogP contribution in [0.25, 0.3) is 16.9 Å². The third-order valence-corrected chi connectivity index (χ3v) is 5.35. The van der Waals surface area contributed by atoms with Crippen LogP contribution in [-0.4, -0.2) is 33.8 Å². The summed E-state index contributed by atoms with van der Waals surface area (Å²) in [4.78, 5) is 28.1. The van der Waals surface area contributed by atoms with E-state index in [9.17, 15) is 14.0 Å². The van der Waals surface area contributed by atoms with Crippen molar-refractivity contribution in [3.63, 3.8) is 0 Å². The van der Waals surface area contributed by atoms with Gasteiger partial charge in [0.1, 0.15) is 5.82 Å². The largest absolute Gasteiger partial charge is 0.341 e. The van der Waals surface area contributed by atoms with Gasteiger partial charge in [-0.2, -0.15) is 0 Å². The number of carbonyl (C=O) groups is 2. The lowest BCUT2D eigenvalue weighted by molar-refractivity contribution is -0.119. The molecule has 0 saturated carbocycles. The molecule has 0 spiro atoms. The van der Waals surface area contributed by atoms with Gasteiger partial charge in [0, 0.05) is 12.6 Å². The van der Waals surface area contributed by atoms with E-state index in [0.29, 0.717) is 16.5 Å². The van der Waals surface area contributed by atoms with E-state index in [1.54, 1.807) is 35.9 Å². The number of urea groups is 1. The second-order valence-corrected chi connectivity index (χ2v) is 7.72. The predicted octanol–water partition coefficient (Wildman–Crippen LogP) is 3.92. The summed E-state index contributed by atoms with van der Waals surface area (Å²) in [5.41, 5.74) is 3.03. The molecule has 0 aliphatic rings. The highest BCUT2D eigenvalue weighted by Crippen LogP contribution is 2.32. The van der Waals surface area contributed by atoms with Crippen molar-refractivity contribution in [3.05, 3.63) is 66.1 Å². The first-order valence-corrected chi connectivity index (χ1v) is 9.87. The molecule has 150 valence electrons. The first-order valence-electron chi connectivity index (χ1n) is 8.99. The highest BCUT2D eigenvalue weighted by atomic mass is 32.2. The number of thioether (sulfide) groups is 1. The van der Waals surface area contributed by atoms with Crippen LogP contribution in [0.3, 0.4) is 0 Å². The zero-order valence-electron chi connectivity index (χ0n) is 16.3. The maximum atomic E-state index is 14.6. The summed E-state index contributed by atoms with van der Waals surface area (Å²) in [6, 6.07) is 13.7. The molecule has 6 nitrogen and oxygen atoms in total. The van der Waals surface area contributed by atoms with E-state index in [0.717, 1.165) is 22.9 Å². The van der Waals surface area contributed by atoms with Crippen LogP contribution in [0.4, 0.5) is 9.18 Å². The Morgan fingerprint density at radius 2 is 1.83 bits per heavy atom. The molecule has 1 aromatic heterocycles. The van der Waals surface area contributed by atoms with Gasteiger partial charge < -0.3 is 5.32 Å². The average Bonchev–Trinajstić information content (AvgIpc) is 3.12. The zero-order chi connectivity index (χ0) is 21.0. The van der Waals surface area contributed by atoms with Gasteiger partial charge in [-0.3, -0.25) is 14.7 Å². The highest BCUT2D eigenvalue weighted by Gasteiger charge is 2.22. The molecule has 0 aliphatic heterocycles. The van der Waals surface area contributed by atoms with E-state index in [-0.39, 0.29) is 0 Å². The Kier molecular flexibility index (Phi) is 6.33. The van der Waals surface area contributed by atoms with E-state index in [1.165, 1.54) is 13.1 Å². The SMILES string of the molecule is CNC(=O)NC(=O)C(C)Sc1ncc(-c2ccc(C)cc2)n1-c1ccccc1F. The second-order valence-electron chi connectivity index (χ2n) is 6.41. The van der Waals surface area contributed by atoms with Gasteiger partial charge in [-0.1, -0.05) is 53.7 Å². The van der Waals surface area contributed by atoms with Gasteiger partial charge in [-0.25, -0.2) is 14.2 Å². The maximum Gasteiger partial charge on any atom is 0.321 e. The molecule has 3 amide bonds. The molecule has 0 bridgehead atoms. The Morgan fingerprint density at radius 3 is 2.48 bits per heavy atom. The minimum absolute atomic E-state index is 0.335. The van der Waals surface area contributed by atoms with Gasteiger partial charge >= 0.3 is 6.03 Å². The van der Waals surface area contributed by atoms with Crippen molar-refractivity contribution in [2.75, 3.05) is 7.05 Å². The third-order valence-electron chi connectivity index (χ3n) is 4.29. The zero-order valence-corrected chi connectivity index (χ0v) is 17.1. The first-order chi connectivity index (χ1) is 13.9. The smallest absolute Gasteiger partial charge is 0.321 e. The first kappa shape index (κ1) is 20.6. The molecule has 0 saturated heterocycles. The number of hydrogen-bond acceptors (Lipinski definition) is 4. The maximum absolute atomic E-state index is 14.6. The number of imidazole rings is 1. The standard InChI is InChI=1S/C21H21FN4O2S/c1-13-8-10-15(11-9-13)18-12-24-21(26(18)17-7-5-4-6-16(17)22)29-14(2)19(27)25-20(28)23-3/h4-12,14H,1-3H3,(H2,23,25,27,28). The number of halogens is 1. The van der Waals surface area contributed by atoms with Crippen LogP contribution in [-0.2, 0) is 4.79 Å². The Morgan fingerprint density at radius 1 is 1.14 bits per heavy atom. The van der Waals surface area contributed by atoms with Gasteiger partial charge in [0.15, 0.2) is 5.16 Å². The van der Waals surface area contributed by atoms with Gasteiger partial charge in [-0.05, 0) is 26.0 Å². The van der Waals surface area contributed by atoms with Crippen LogP contribution >= 0.6 is 11.8 Å². The van der Waals surface area contributed by atoms with Gasteiger partial charge in [0.25, 0.3) is 0 Å². The Bertz CT molecular complexity index is 1030. The summed E-state index contributed by atoms with van der Waals surface area (Å²) >= 11 is 1.15. The molecule has 0 radical (unpaired) electrons. The van der Waals surface area contributed by atoms with Crippen LogP contribution in [0.15, 0.2) is 59.9 Å². The van der Waals surface area contributed by atoms with E-state index >= 15 is 0 Å². The number of nitrogens with zero attached hydrogens (tertiary/aromatic N) is 2. The van der Waals surface area contributed by atoms with Gasteiger partial charge in [-0.15, -0.1) is 0 Å². The second kappa shape index (κ2) is 8.91. The van der Waals surface area contributed by atoms with Crippen molar-refractivity contribution in [3.8, 4) is 16.9 Å². The number of carbonyl (C=O) groups excluding carboxylic acids is 2. The highest BCUT2D eigenvalue weighted by molar-refractivity contribution is 8.00. The van der Waals surface area contributed by atoms with E-state index in [4.69, 9.17) is 0 Å². The van der Waals surface area contributed by atoms with Crippen LogP contribution in [0.2, 0.25) is 0 Å². The number of amides is 3. The summed E-state index contributed by atoms with van der Waals surface area (Å²) in [6.45, 7) is 3.65. The fourth-order valence-electron chi connectivity index (χ4n) is 2.70. The molecule has 3 aromatic rings. The van der Waals surface area contributed by atoms with Crippen LogP contribution in [0.1, 0.15) is 12.5 Å². The molecular weight excluding hydrogens is 391 g/mol. The molecular formula is C21H21FN4O2S. The fourth-order valence-corrected chi connectivity index (χ4v) is 3.60. The van der Waals surface area contributed by atoms with E-state index in [1.807, 2.05) is 31.2 Å². The number of imide groups is 1. The average molecular weight is 412 g/mol. The summed E-state index contributed by atoms with van der Waals surface area (Å²) < 4.78 is 16.3. The third kappa shape index (κ3) is 4.65. The molecule has 8 heteroatoms. The molecule has 1 atom stereocenters. The Labute approximate surface area is 172 Å². The van der Waals surface area contributed by atoms with E-state index in [2.05, 4.69) is 15.6 Å². The van der Waals surface area contributed by atoms with Crippen molar-refractivity contribution in [1.29, 1.82) is 0 Å². The normalized spacial score (nSPS) is 11.7. The van der Waals surface area contributed by atoms with Gasteiger partial charge in [0.2, 0.25) is 5.91 Å². The number of nitrogens with one attached hydrogen (secondary N) is 2. The van der Waals surface area contributed by atoms with Crippen molar-refractivity contribution in [2.45, 2.75) is 24.3 Å². The summed E-state index contributed by atoms with van der Waals surface area (Å²) in [5, 5.41) is 4.41. The van der Waals surface area contributed by atoms with Crippen LogP contribution in [0, 0.1) is 12.7 Å². The number of hydrogen-bond donors (Lipinski definition) is 2. The summed E-state index contributed by atoms with van der Waals surface area (Å²) in [7, 11) is 1.43. The van der Waals surface area contributed by atoms with Gasteiger partial charge in [0.05, 0.1) is 22.8 Å². The predicted molar refractivity (Wildman–Crippen MR) is 112 cm³/mol. The number of aromatic nitrogens is 2. The van der Waals surface area contributed by atoms with Crippen molar-refractivity contribution >= 4 is 23.7 Å². The molecule has 3 rings (SSSR count).